The van der Waals surface area contributed by atoms with Crippen molar-refractivity contribution in [3.05, 3.63) is 38.1 Å². The molecule has 11 heteroatoms. The minimum atomic E-state index is -0.994. The zero-order valence-electron chi connectivity index (χ0n) is 12.5. The summed E-state index contributed by atoms with van der Waals surface area (Å²) in [6, 6.07) is 2.07. The Morgan fingerprint density at radius 3 is 2.83 bits per heavy atom. The first kappa shape index (κ1) is 17.9. The van der Waals surface area contributed by atoms with Crippen molar-refractivity contribution in [2.75, 3.05) is 13.0 Å². The number of methoxy groups -OCH3 is 1. The fraction of sp³-hybridized carbons (Fsp3) is 0.231. The quantitative estimate of drug-likeness (QED) is 0.472. The number of aromatic amines is 1. The number of esters is 1. The number of benzene rings is 1. The summed E-state index contributed by atoms with van der Waals surface area (Å²) in [5, 5.41) is 5.93. The number of hydrogen-bond acceptors (Lipinski definition) is 7. The summed E-state index contributed by atoms with van der Waals surface area (Å²) in [7, 11) is 1.19. The van der Waals surface area contributed by atoms with Crippen LogP contribution >= 0.6 is 23.8 Å². The van der Waals surface area contributed by atoms with E-state index in [-0.39, 0.29) is 26.8 Å². The minimum Gasteiger partial charge on any atom is -0.477 e. The van der Waals surface area contributed by atoms with Gasteiger partial charge in [0.2, 0.25) is 4.77 Å². The first-order valence-corrected chi connectivity index (χ1v) is 7.25. The van der Waals surface area contributed by atoms with E-state index in [0.717, 1.165) is 12.1 Å². The molecule has 0 aliphatic rings. The van der Waals surface area contributed by atoms with E-state index in [1.165, 1.54) is 14.0 Å². The number of rotatable bonds is 4. The second-order valence-corrected chi connectivity index (χ2v) is 5.39. The van der Waals surface area contributed by atoms with Gasteiger partial charge in [-0.1, -0.05) is 11.6 Å². The maximum absolute atomic E-state index is 14.2. The lowest BCUT2D eigenvalue weighted by atomic mass is 10.1. The van der Waals surface area contributed by atoms with Crippen molar-refractivity contribution in [1.29, 1.82) is 0 Å². The molecule has 24 heavy (non-hydrogen) atoms. The predicted octanol–water partition coefficient (Wildman–Crippen LogP) is 1.41. The van der Waals surface area contributed by atoms with Crippen LogP contribution in [0.3, 0.4) is 0 Å². The Bertz CT molecular complexity index is 914. The van der Waals surface area contributed by atoms with Crippen LogP contribution in [-0.4, -0.2) is 34.1 Å². The second kappa shape index (κ2) is 6.97. The predicted molar refractivity (Wildman–Crippen MR) is 86.3 cm³/mol. The Kier molecular flexibility index (Phi) is 5.20. The normalized spacial score (nSPS) is 11.8. The molecule has 1 heterocycles. The van der Waals surface area contributed by atoms with Crippen LogP contribution in [0.4, 0.5) is 4.39 Å². The van der Waals surface area contributed by atoms with Gasteiger partial charge in [-0.2, -0.15) is 9.77 Å². The summed E-state index contributed by atoms with van der Waals surface area (Å²) in [4.78, 5) is 23.5. The van der Waals surface area contributed by atoms with Crippen molar-refractivity contribution in [3.8, 4) is 17.0 Å². The number of halogens is 2. The molecule has 0 radical (unpaired) electrons. The molecule has 0 amide bonds. The van der Waals surface area contributed by atoms with E-state index >= 15 is 0 Å². The Balaban J connectivity index is 2.55. The Hall–Kier alpha value is -2.46. The van der Waals surface area contributed by atoms with Gasteiger partial charge in [0.15, 0.2) is 11.8 Å². The van der Waals surface area contributed by atoms with Crippen LogP contribution < -0.4 is 16.1 Å². The van der Waals surface area contributed by atoms with E-state index in [1.807, 2.05) is 0 Å². The second-order valence-electron chi connectivity index (χ2n) is 4.60. The molecule has 0 aliphatic heterocycles. The van der Waals surface area contributed by atoms with Crippen LogP contribution in [0.25, 0.3) is 11.3 Å². The maximum atomic E-state index is 14.2. The number of hydrogen-bond donors (Lipinski definition) is 2. The molecule has 1 aromatic heterocycles. The van der Waals surface area contributed by atoms with Crippen molar-refractivity contribution in [1.82, 2.24) is 14.9 Å². The number of nitrogens with zero attached hydrogens (tertiary/aromatic N) is 2. The molecule has 1 atom stereocenters. The summed E-state index contributed by atoms with van der Waals surface area (Å²) in [6.45, 7) is 1.43. The number of carbonyl (C=O) groups is 1. The molecule has 2 rings (SSSR count). The number of aromatic nitrogens is 3. The van der Waals surface area contributed by atoms with Crippen LogP contribution in [0.5, 0.6) is 5.75 Å². The highest BCUT2D eigenvalue weighted by Crippen LogP contribution is 2.32. The maximum Gasteiger partial charge on any atom is 0.346 e. The fourth-order valence-electron chi connectivity index (χ4n) is 1.79. The molecule has 128 valence electrons. The SMILES string of the molecule is COC(=O)[C@@H](C)Oc1cc(-c2n[nH]c(=S)n(N)c2=O)c(F)cc1Cl. The smallest absolute Gasteiger partial charge is 0.346 e. The molecule has 0 aliphatic carbocycles. The number of ether oxygens (including phenoxy) is 2. The van der Waals surface area contributed by atoms with Gasteiger partial charge in [-0.15, -0.1) is 0 Å². The summed E-state index contributed by atoms with van der Waals surface area (Å²) in [5.74, 6) is 3.96. The number of nitrogens with two attached hydrogens (primary N) is 1. The molecular weight excluding hydrogens is 363 g/mol. The number of H-pyrrole nitrogens is 1. The third-order valence-corrected chi connectivity index (χ3v) is 3.60. The van der Waals surface area contributed by atoms with Gasteiger partial charge in [0.05, 0.1) is 12.1 Å². The zero-order chi connectivity index (χ0) is 18.0. The molecule has 0 saturated heterocycles. The van der Waals surface area contributed by atoms with E-state index < -0.39 is 23.4 Å². The molecule has 0 bridgehead atoms. The topological polar surface area (TPSA) is 112 Å². The zero-order valence-corrected chi connectivity index (χ0v) is 14.1. The van der Waals surface area contributed by atoms with Gasteiger partial charge in [0, 0.05) is 5.56 Å². The average molecular weight is 375 g/mol. The van der Waals surface area contributed by atoms with Gasteiger partial charge in [0.25, 0.3) is 5.56 Å². The van der Waals surface area contributed by atoms with Gasteiger partial charge in [0.1, 0.15) is 11.6 Å². The number of nitrogen functional groups attached to an aromatic ring is 1. The molecular formula is C13H12ClFN4O4S. The van der Waals surface area contributed by atoms with Gasteiger partial charge in [-0.3, -0.25) is 9.89 Å². The lowest BCUT2D eigenvalue weighted by Gasteiger charge is -2.15. The highest BCUT2D eigenvalue weighted by Gasteiger charge is 2.20. The highest BCUT2D eigenvalue weighted by molar-refractivity contribution is 7.71. The van der Waals surface area contributed by atoms with Crippen molar-refractivity contribution in [2.24, 2.45) is 0 Å². The van der Waals surface area contributed by atoms with Crippen molar-refractivity contribution in [3.63, 3.8) is 0 Å². The van der Waals surface area contributed by atoms with Crippen LogP contribution in [-0.2, 0) is 9.53 Å². The molecule has 0 fully saturated rings. The Morgan fingerprint density at radius 2 is 2.21 bits per heavy atom. The van der Waals surface area contributed by atoms with E-state index in [9.17, 15) is 14.0 Å². The van der Waals surface area contributed by atoms with Gasteiger partial charge >= 0.3 is 5.97 Å². The first-order chi connectivity index (χ1) is 11.3. The third-order valence-electron chi connectivity index (χ3n) is 3.02. The standard InChI is InChI=1S/C13H12ClFN4O4S/c1-5(12(21)22-2)23-9-3-6(8(15)4-7(9)14)10-11(20)19(16)13(24)18-17-10/h3-5H,16H2,1-2H3,(H,18,24)/t5-/m1/s1. The molecule has 2 aromatic rings. The lowest BCUT2D eigenvalue weighted by Crippen LogP contribution is -2.31. The molecule has 3 N–H and O–H groups in total. The van der Waals surface area contributed by atoms with Crippen LogP contribution in [0.1, 0.15) is 6.92 Å². The van der Waals surface area contributed by atoms with Gasteiger partial charge in [-0.05, 0) is 31.3 Å². The Labute approximate surface area is 144 Å². The van der Waals surface area contributed by atoms with Crippen molar-refractivity contribution >= 4 is 29.8 Å². The van der Waals surface area contributed by atoms with Crippen LogP contribution in [0, 0.1) is 10.6 Å². The molecule has 8 nitrogen and oxygen atoms in total. The first-order valence-electron chi connectivity index (χ1n) is 6.47. The molecule has 0 unspecified atom stereocenters. The van der Waals surface area contributed by atoms with Crippen molar-refractivity contribution in [2.45, 2.75) is 13.0 Å². The van der Waals surface area contributed by atoms with E-state index in [1.54, 1.807) is 0 Å². The van der Waals surface area contributed by atoms with E-state index in [2.05, 4.69) is 14.9 Å². The minimum absolute atomic E-state index is 0.0295. The van der Waals surface area contributed by atoms with E-state index in [4.69, 9.17) is 34.4 Å². The van der Waals surface area contributed by atoms with Gasteiger partial charge in [-0.25, -0.2) is 9.18 Å². The molecule has 0 saturated carbocycles. The van der Waals surface area contributed by atoms with Crippen LogP contribution in [0.15, 0.2) is 16.9 Å². The monoisotopic (exact) mass is 374 g/mol. The van der Waals surface area contributed by atoms with E-state index in [0.29, 0.717) is 4.68 Å². The number of carbonyl (C=O) groups excluding carboxylic acids is 1. The summed E-state index contributed by atoms with van der Waals surface area (Å²) in [5.41, 5.74) is -1.36. The Morgan fingerprint density at radius 1 is 1.54 bits per heavy atom. The summed E-state index contributed by atoms with van der Waals surface area (Å²) in [6.07, 6.45) is -0.994. The highest BCUT2D eigenvalue weighted by atomic mass is 35.5. The van der Waals surface area contributed by atoms with Crippen LogP contribution in [0.2, 0.25) is 5.02 Å². The van der Waals surface area contributed by atoms with Crippen molar-refractivity contribution < 1.29 is 18.7 Å². The number of nitrogens with one attached hydrogen (secondary N) is 1. The lowest BCUT2D eigenvalue weighted by molar-refractivity contribution is -0.147. The summed E-state index contributed by atoms with van der Waals surface area (Å²) >= 11 is 10.7. The fourth-order valence-corrected chi connectivity index (χ4v) is 2.12. The summed E-state index contributed by atoms with van der Waals surface area (Å²) < 4.78 is 24.5. The largest absolute Gasteiger partial charge is 0.477 e. The molecule has 1 aromatic carbocycles. The third kappa shape index (κ3) is 3.39. The molecule has 0 spiro atoms. The van der Waals surface area contributed by atoms with Gasteiger partial charge < -0.3 is 15.3 Å². The average Bonchev–Trinajstić information content (AvgIpc) is 2.55.